The van der Waals surface area contributed by atoms with Crippen molar-refractivity contribution in [2.24, 2.45) is 20.8 Å². The van der Waals surface area contributed by atoms with Gasteiger partial charge in [0.15, 0.2) is 0 Å². The first-order chi connectivity index (χ1) is 13.2. The Balaban J connectivity index is 1.67. The van der Waals surface area contributed by atoms with Crippen LogP contribution < -0.4 is 5.32 Å². The van der Waals surface area contributed by atoms with Crippen molar-refractivity contribution in [2.45, 2.75) is 46.1 Å². The second kappa shape index (κ2) is 8.06. The van der Waals surface area contributed by atoms with E-state index in [-0.39, 0.29) is 22.9 Å². The van der Waals surface area contributed by atoms with Gasteiger partial charge in [0.2, 0.25) is 6.08 Å². The third-order valence-corrected chi connectivity index (χ3v) is 5.73. The Morgan fingerprint density at radius 1 is 1.39 bits per heavy atom. The molecule has 6 nitrogen and oxygen atoms in total. The molecule has 0 spiro atoms. The normalized spacial score (nSPS) is 26.4. The molecule has 28 heavy (non-hydrogen) atoms. The van der Waals surface area contributed by atoms with Gasteiger partial charge in [0.1, 0.15) is 5.84 Å². The Bertz CT molecular complexity index is 831. The number of hydrogen-bond donors (Lipinski definition) is 1. The van der Waals surface area contributed by atoms with Crippen molar-refractivity contribution in [2.75, 3.05) is 19.6 Å². The van der Waals surface area contributed by atoms with Crippen molar-refractivity contribution >= 4 is 29.5 Å². The summed E-state index contributed by atoms with van der Waals surface area (Å²) in [5.74, 6) is 0.651. The summed E-state index contributed by atoms with van der Waals surface area (Å²) in [6.07, 6.45) is 4.29. The van der Waals surface area contributed by atoms with Crippen molar-refractivity contribution < 1.29 is 9.59 Å². The van der Waals surface area contributed by atoms with Crippen LogP contribution in [0, 0.1) is 10.8 Å². The number of carbonyl (C=O) groups excluding carboxylic acids is 2. The average molecular weight is 403 g/mol. The Kier molecular flexibility index (Phi) is 5.92. The maximum absolute atomic E-state index is 12.9. The highest BCUT2D eigenvalue weighted by Gasteiger charge is 2.41. The molecule has 0 aromatic heterocycles. The molecule has 1 N–H and O–H groups in total. The quantitative estimate of drug-likeness (QED) is 0.609. The van der Waals surface area contributed by atoms with Gasteiger partial charge in [0, 0.05) is 23.7 Å². The van der Waals surface area contributed by atoms with Crippen LogP contribution >= 0.6 is 11.6 Å². The standard InChI is InChI=1S/C21H27ClN4O2/c1-20(2)10-17(25-14-27)11-21(3,12-20)13-24-19(28)26-8-7-23-18(26)15-5-4-6-16(22)9-15/h4-6,9,17H,7-8,10-13H2,1-3H3,(H,24,28). The molecule has 2 amide bonds. The molecule has 1 aliphatic carbocycles. The summed E-state index contributed by atoms with van der Waals surface area (Å²) in [5.41, 5.74) is 0.768. The van der Waals surface area contributed by atoms with E-state index in [0.717, 1.165) is 24.8 Å². The minimum atomic E-state index is -0.156. The third kappa shape index (κ3) is 4.81. The number of amidine groups is 1. The first kappa shape index (κ1) is 20.6. The van der Waals surface area contributed by atoms with Crippen molar-refractivity contribution in [3.63, 3.8) is 0 Å². The van der Waals surface area contributed by atoms with Crippen LogP contribution in [0.4, 0.5) is 4.79 Å². The number of benzene rings is 1. The first-order valence-electron chi connectivity index (χ1n) is 9.64. The smallest absolute Gasteiger partial charge is 0.323 e. The lowest BCUT2D eigenvalue weighted by Crippen LogP contribution is -2.49. The fourth-order valence-electron chi connectivity index (χ4n) is 4.78. The second-order valence-corrected chi connectivity index (χ2v) is 9.40. The molecule has 1 aromatic carbocycles. The number of amides is 2. The molecule has 1 aromatic rings. The van der Waals surface area contributed by atoms with E-state index in [4.69, 9.17) is 11.6 Å². The van der Waals surface area contributed by atoms with Crippen molar-refractivity contribution in [1.82, 2.24) is 10.2 Å². The highest BCUT2D eigenvalue weighted by atomic mass is 35.5. The van der Waals surface area contributed by atoms with Gasteiger partial charge >= 0.3 is 6.03 Å². The molecular formula is C21H27ClN4O2. The van der Waals surface area contributed by atoms with Crippen LogP contribution in [0.25, 0.3) is 0 Å². The van der Waals surface area contributed by atoms with Crippen LogP contribution in [0.2, 0.25) is 5.02 Å². The fourth-order valence-corrected chi connectivity index (χ4v) is 4.97. The van der Waals surface area contributed by atoms with Crippen LogP contribution in [-0.2, 0) is 4.79 Å². The van der Waals surface area contributed by atoms with Crippen LogP contribution in [0.1, 0.15) is 45.6 Å². The van der Waals surface area contributed by atoms with Gasteiger partial charge in [0.25, 0.3) is 0 Å². The SMILES string of the molecule is CC1(C)CC(N=C=O)CC(C)(CNC(=O)N2CCN=C2c2cccc(Cl)c2)C1. The lowest BCUT2D eigenvalue weighted by atomic mass is 9.63. The molecule has 0 saturated heterocycles. The monoisotopic (exact) mass is 402 g/mol. The van der Waals surface area contributed by atoms with E-state index < -0.39 is 0 Å². The lowest BCUT2D eigenvalue weighted by Gasteiger charge is -2.45. The number of halogens is 1. The number of rotatable bonds is 4. The number of aliphatic imine (C=N–C) groups is 2. The van der Waals surface area contributed by atoms with Crippen LogP contribution in [0.3, 0.4) is 0 Å². The van der Waals surface area contributed by atoms with E-state index in [1.807, 2.05) is 18.2 Å². The molecule has 0 radical (unpaired) electrons. The Hall–Kier alpha value is -2.17. The number of nitrogens with zero attached hydrogens (tertiary/aromatic N) is 3. The fraction of sp³-hybridized carbons (Fsp3) is 0.571. The highest BCUT2D eigenvalue weighted by Crippen LogP contribution is 2.46. The van der Waals surface area contributed by atoms with E-state index in [2.05, 4.69) is 36.1 Å². The molecule has 7 heteroatoms. The number of hydrogen-bond acceptors (Lipinski definition) is 4. The van der Waals surface area contributed by atoms with Crippen molar-refractivity contribution in [1.29, 1.82) is 0 Å². The van der Waals surface area contributed by atoms with Crippen LogP contribution in [0.15, 0.2) is 34.3 Å². The predicted octanol–water partition coefficient (Wildman–Crippen LogP) is 4.03. The summed E-state index contributed by atoms with van der Waals surface area (Å²) < 4.78 is 0. The lowest BCUT2D eigenvalue weighted by molar-refractivity contribution is 0.0842. The number of urea groups is 1. The predicted molar refractivity (Wildman–Crippen MR) is 111 cm³/mol. The van der Waals surface area contributed by atoms with Gasteiger partial charge in [-0.1, -0.05) is 44.5 Å². The summed E-state index contributed by atoms with van der Waals surface area (Å²) in [6.45, 7) is 8.18. The molecule has 3 rings (SSSR count). The number of nitrogens with one attached hydrogen (secondary N) is 1. The van der Waals surface area contributed by atoms with Gasteiger partial charge in [-0.25, -0.2) is 14.6 Å². The van der Waals surface area contributed by atoms with Crippen molar-refractivity contribution in [3.05, 3.63) is 34.9 Å². The summed E-state index contributed by atoms with van der Waals surface area (Å²) in [4.78, 5) is 33.8. The van der Waals surface area contributed by atoms with Crippen LogP contribution in [-0.4, -0.2) is 48.5 Å². The Morgan fingerprint density at radius 2 is 2.18 bits per heavy atom. The summed E-state index contributed by atoms with van der Waals surface area (Å²) >= 11 is 6.09. The summed E-state index contributed by atoms with van der Waals surface area (Å²) in [5, 5.41) is 3.70. The van der Waals surface area contributed by atoms with Crippen LogP contribution in [0.5, 0.6) is 0 Å². The molecule has 2 unspecified atom stereocenters. The molecule has 2 aliphatic rings. The topological polar surface area (TPSA) is 74.1 Å². The van der Waals surface area contributed by atoms with E-state index >= 15 is 0 Å². The van der Waals surface area contributed by atoms with Gasteiger partial charge in [0.05, 0.1) is 12.6 Å². The maximum Gasteiger partial charge on any atom is 0.323 e. The molecule has 150 valence electrons. The van der Waals surface area contributed by atoms with Gasteiger partial charge in [-0.3, -0.25) is 9.89 Å². The van der Waals surface area contributed by atoms with Crippen molar-refractivity contribution in [3.8, 4) is 0 Å². The van der Waals surface area contributed by atoms with Gasteiger partial charge < -0.3 is 5.32 Å². The minimum Gasteiger partial charge on any atom is -0.337 e. The molecule has 1 heterocycles. The molecule has 1 fully saturated rings. The Morgan fingerprint density at radius 3 is 2.89 bits per heavy atom. The largest absolute Gasteiger partial charge is 0.337 e. The zero-order valence-corrected chi connectivity index (χ0v) is 17.4. The Labute approximate surface area is 171 Å². The van der Waals surface area contributed by atoms with E-state index in [0.29, 0.717) is 30.5 Å². The van der Waals surface area contributed by atoms with Gasteiger partial charge in [-0.2, -0.15) is 0 Å². The molecule has 1 saturated carbocycles. The third-order valence-electron chi connectivity index (χ3n) is 5.49. The second-order valence-electron chi connectivity index (χ2n) is 8.96. The zero-order valence-electron chi connectivity index (χ0n) is 16.7. The van der Waals surface area contributed by atoms with E-state index in [1.165, 1.54) is 0 Å². The van der Waals surface area contributed by atoms with E-state index in [9.17, 15) is 9.59 Å². The summed E-state index contributed by atoms with van der Waals surface area (Å²) in [6, 6.07) is 7.18. The average Bonchev–Trinajstić information content (AvgIpc) is 3.08. The first-order valence-corrected chi connectivity index (χ1v) is 10.0. The molecule has 1 aliphatic heterocycles. The van der Waals surface area contributed by atoms with E-state index in [1.54, 1.807) is 17.0 Å². The number of carbonyl (C=O) groups is 1. The van der Waals surface area contributed by atoms with Gasteiger partial charge in [-0.05, 0) is 42.2 Å². The summed E-state index contributed by atoms with van der Waals surface area (Å²) in [7, 11) is 0. The molecule has 2 atom stereocenters. The minimum absolute atomic E-state index is 0.0430. The molecular weight excluding hydrogens is 376 g/mol. The zero-order chi connectivity index (χ0) is 20.4. The highest BCUT2D eigenvalue weighted by molar-refractivity contribution is 6.31. The maximum atomic E-state index is 12.9. The molecule has 0 bridgehead atoms. The van der Waals surface area contributed by atoms with Gasteiger partial charge in [-0.15, -0.1) is 0 Å². The number of isocyanates is 1.